The molecule has 3 heterocycles. The van der Waals surface area contributed by atoms with Gasteiger partial charge in [0.05, 0.1) is 6.54 Å². The number of fused-ring (bicyclic) bond motifs is 1. The summed E-state index contributed by atoms with van der Waals surface area (Å²) in [5.74, 6) is 1.37. The van der Waals surface area contributed by atoms with Crippen LogP contribution in [0.1, 0.15) is 40.4 Å². The first-order valence-corrected chi connectivity index (χ1v) is 9.36. The van der Waals surface area contributed by atoms with Gasteiger partial charge in [0.2, 0.25) is 0 Å². The van der Waals surface area contributed by atoms with Gasteiger partial charge >= 0.3 is 5.97 Å². The van der Waals surface area contributed by atoms with Crippen molar-refractivity contribution < 1.29 is 9.53 Å². The van der Waals surface area contributed by atoms with E-state index in [0.717, 1.165) is 53.2 Å². The Morgan fingerprint density at radius 2 is 2.07 bits per heavy atom. The average Bonchev–Trinajstić information content (AvgIpc) is 3.07. The van der Waals surface area contributed by atoms with Crippen molar-refractivity contribution in [3.8, 4) is 0 Å². The molecule has 0 amide bonds. The summed E-state index contributed by atoms with van der Waals surface area (Å²) in [5.41, 5.74) is 3.56. The number of piperidine rings is 1. The number of aryl methyl sites for hydroxylation is 3. The summed E-state index contributed by atoms with van der Waals surface area (Å²) in [4.78, 5) is 26.9. The van der Waals surface area contributed by atoms with E-state index in [1.54, 1.807) is 0 Å². The number of aromatic amines is 1. The molecule has 2 aromatic heterocycles. The first-order chi connectivity index (χ1) is 13.0. The number of H-pyrrole nitrogens is 1. The number of esters is 1. The highest BCUT2D eigenvalue weighted by Gasteiger charge is 2.25. The predicted molar refractivity (Wildman–Crippen MR) is 105 cm³/mol. The molecule has 1 unspecified atom stereocenters. The molecular weight excluding hydrogens is 340 g/mol. The predicted octanol–water partition coefficient (Wildman–Crippen LogP) is 3.71. The Morgan fingerprint density at radius 3 is 2.85 bits per heavy atom. The highest BCUT2D eigenvalue weighted by atomic mass is 16.5. The van der Waals surface area contributed by atoms with E-state index in [-0.39, 0.29) is 12.1 Å². The minimum Gasteiger partial charge on any atom is -0.456 e. The molecule has 6 nitrogen and oxygen atoms in total. The Morgan fingerprint density at radius 1 is 1.22 bits per heavy atom. The monoisotopic (exact) mass is 364 g/mol. The van der Waals surface area contributed by atoms with Crippen LogP contribution in [-0.2, 0) is 4.74 Å². The lowest BCUT2D eigenvalue weighted by Crippen LogP contribution is -2.41. The van der Waals surface area contributed by atoms with Crippen molar-refractivity contribution in [3.63, 3.8) is 0 Å². The number of ether oxygens (including phenoxy) is 1. The van der Waals surface area contributed by atoms with Crippen LogP contribution in [0.2, 0.25) is 0 Å². The van der Waals surface area contributed by atoms with Gasteiger partial charge in [-0.2, -0.15) is 0 Å². The molecule has 0 saturated carbocycles. The van der Waals surface area contributed by atoms with Crippen LogP contribution in [-0.4, -0.2) is 40.1 Å². The number of carbonyl (C=O) groups is 1. The molecule has 1 N–H and O–H groups in total. The van der Waals surface area contributed by atoms with E-state index in [9.17, 15) is 4.79 Å². The number of hydrogen-bond acceptors (Lipinski definition) is 5. The van der Waals surface area contributed by atoms with E-state index >= 15 is 0 Å². The summed E-state index contributed by atoms with van der Waals surface area (Å²) in [6.07, 6.45) is 1.69. The van der Waals surface area contributed by atoms with Gasteiger partial charge in [-0.1, -0.05) is 18.2 Å². The zero-order chi connectivity index (χ0) is 19.0. The van der Waals surface area contributed by atoms with Crippen LogP contribution in [0.5, 0.6) is 0 Å². The molecule has 4 rings (SSSR count). The third kappa shape index (κ3) is 3.65. The molecule has 0 spiro atoms. The standard InChI is InChI=1S/C21H24N4O2/c1-13-6-4-7-16-11-18(24-20(13)16)21(26)27-17-8-5-9-25(12-17)19-10-14(2)22-15(3)23-19/h4,6-7,10-11,17,24H,5,8-9,12H2,1-3H3. The molecule has 0 radical (unpaired) electrons. The molecule has 3 aromatic rings. The molecule has 140 valence electrons. The fraction of sp³-hybridized carbons (Fsp3) is 0.381. The summed E-state index contributed by atoms with van der Waals surface area (Å²) in [7, 11) is 0. The number of nitrogens with one attached hydrogen (secondary N) is 1. The molecule has 1 aliphatic rings. The summed E-state index contributed by atoms with van der Waals surface area (Å²) in [5, 5.41) is 1.03. The van der Waals surface area contributed by atoms with Gasteiger partial charge < -0.3 is 14.6 Å². The van der Waals surface area contributed by atoms with E-state index in [2.05, 4.69) is 19.9 Å². The number of hydrogen-bond donors (Lipinski definition) is 1. The normalized spacial score (nSPS) is 17.3. The van der Waals surface area contributed by atoms with E-state index in [1.807, 2.05) is 51.1 Å². The zero-order valence-electron chi connectivity index (χ0n) is 16.0. The number of nitrogens with zero attached hydrogens (tertiary/aromatic N) is 3. The number of anilines is 1. The number of para-hydroxylation sites is 1. The van der Waals surface area contributed by atoms with Crippen molar-refractivity contribution in [2.24, 2.45) is 0 Å². The third-order valence-corrected chi connectivity index (χ3v) is 5.01. The van der Waals surface area contributed by atoms with Crippen molar-refractivity contribution in [1.82, 2.24) is 15.0 Å². The third-order valence-electron chi connectivity index (χ3n) is 5.01. The van der Waals surface area contributed by atoms with E-state index in [0.29, 0.717) is 12.2 Å². The second-order valence-corrected chi connectivity index (χ2v) is 7.25. The quantitative estimate of drug-likeness (QED) is 0.718. The second-order valence-electron chi connectivity index (χ2n) is 7.25. The van der Waals surface area contributed by atoms with Crippen molar-refractivity contribution in [2.75, 3.05) is 18.0 Å². The second kappa shape index (κ2) is 7.02. The van der Waals surface area contributed by atoms with Gasteiger partial charge in [0, 0.05) is 29.2 Å². The Balaban J connectivity index is 1.48. The van der Waals surface area contributed by atoms with Crippen LogP contribution in [0.4, 0.5) is 5.82 Å². The van der Waals surface area contributed by atoms with E-state index in [1.165, 1.54) is 0 Å². The van der Waals surface area contributed by atoms with Crippen LogP contribution in [0.3, 0.4) is 0 Å². The molecular formula is C21H24N4O2. The van der Waals surface area contributed by atoms with Crippen molar-refractivity contribution in [2.45, 2.75) is 39.7 Å². The largest absolute Gasteiger partial charge is 0.456 e. The lowest BCUT2D eigenvalue weighted by Gasteiger charge is -2.33. The summed E-state index contributed by atoms with van der Waals surface area (Å²) >= 11 is 0. The van der Waals surface area contributed by atoms with Gasteiger partial charge in [0.25, 0.3) is 0 Å². The summed E-state index contributed by atoms with van der Waals surface area (Å²) in [6, 6.07) is 9.86. The Labute approximate surface area is 158 Å². The molecule has 0 bridgehead atoms. The maximum absolute atomic E-state index is 12.6. The van der Waals surface area contributed by atoms with Gasteiger partial charge in [-0.25, -0.2) is 14.8 Å². The Kier molecular flexibility index (Phi) is 4.56. The topological polar surface area (TPSA) is 71.1 Å². The molecule has 1 aliphatic heterocycles. The van der Waals surface area contributed by atoms with Gasteiger partial charge in [0.15, 0.2) is 0 Å². The molecule has 6 heteroatoms. The number of benzene rings is 1. The molecule has 1 atom stereocenters. The first-order valence-electron chi connectivity index (χ1n) is 9.36. The molecule has 27 heavy (non-hydrogen) atoms. The van der Waals surface area contributed by atoms with E-state index < -0.39 is 0 Å². The van der Waals surface area contributed by atoms with Crippen LogP contribution in [0.25, 0.3) is 10.9 Å². The maximum Gasteiger partial charge on any atom is 0.355 e. The van der Waals surface area contributed by atoms with Gasteiger partial charge in [-0.3, -0.25) is 0 Å². The van der Waals surface area contributed by atoms with Crippen LogP contribution in [0.15, 0.2) is 30.3 Å². The highest BCUT2D eigenvalue weighted by Crippen LogP contribution is 2.23. The average molecular weight is 364 g/mol. The number of aromatic nitrogens is 3. The molecule has 1 saturated heterocycles. The highest BCUT2D eigenvalue weighted by molar-refractivity contribution is 5.95. The van der Waals surface area contributed by atoms with Crippen molar-refractivity contribution in [3.05, 3.63) is 53.1 Å². The minimum atomic E-state index is -0.299. The fourth-order valence-electron chi connectivity index (χ4n) is 3.73. The fourth-order valence-corrected chi connectivity index (χ4v) is 3.73. The van der Waals surface area contributed by atoms with Gasteiger partial charge in [0.1, 0.15) is 23.4 Å². The number of carbonyl (C=O) groups excluding carboxylic acids is 1. The lowest BCUT2D eigenvalue weighted by atomic mass is 10.1. The molecule has 0 aliphatic carbocycles. The van der Waals surface area contributed by atoms with Gasteiger partial charge in [-0.05, 0) is 45.2 Å². The molecule has 1 fully saturated rings. The zero-order valence-corrected chi connectivity index (χ0v) is 16.0. The minimum absolute atomic E-state index is 0.144. The Hall–Kier alpha value is -2.89. The van der Waals surface area contributed by atoms with Crippen LogP contribution < -0.4 is 4.90 Å². The molecule has 1 aromatic carbocycles. The van der Waals surface area contributed by atoms with E-state index in [4.69, 9.17) is 4.74 Å². The van der Waals surface area contributed by atoms with Crippen molar-refractivity contribution >= 4 is 22.7 Å². The van der Waals surface area contributed by atoms with Crippen LogP contribution in [0, 0.1) is 20.8 Å². The van der Waals surface area contributed by atoms with Gasteiger partial charge in [-0.15, -0.1) is 0 Å². The number of rotatable bonds is 3. The first kappa shape index (κ1) is 17.5. The Bertz CT molecular complexity index is 975. The summed E-state index contributed by atoms with van der Waals surface area (Å²) in [6.45, 7) is 7.46. The smallest absolute Gasteiger partial charge is 0.355 e. The lowest BCUT2D eigenvalue weighted by molar-refractivity contribution is 0.0263. The van der Waals surface area contributed by atoms with Crippen LogP contribution >= 0.6 is 0 Å². The SMILES string of the molecule is Cc1cc(N2CCCC(OC(=O)c3cc4cccc(C)c4[nH]3)C2)nc(C)n1. The maximum atomic E-state index is 12.6. The summed E-state index contributed by atoms with van der Waals surface area (Å²) < 4.78 is 5.80. The van der Waals surface area contributed by atoms with Crippen molar-refractivity contribution in [1.29, 1.82) is 0 Å².